The summed E-state index contributed by atoms with van der Waals surface area (Å²) in [4.78, 5) is 4.40. The highest BCUT2D eigenvalue weighted by Crippen LogP contribution is 2.29. The molecule has 0 radical (unpaired) electrons. The average Bonchev–Trinajstić information content (AvgIpc) is 3.29. The third-order valence-corrected chi connectivity index (χ3v) is 5.92. The van der Waals surface area contributed by atoms with Crippen molar-refractivity contribution in [3.8, 4) is 0 Å². The number of sulfonamides is 1. The molecule has 7 nitrogen and oxygen atoms in total. The van der Waals surface area contributed by atoms with Crippen molar-refractivity contribution in [2.45, 2.75) is 19.9 Å². The predicted octanol–water partition coefficient (Wildman–Crippen LogP) is 1.73. The van der Waals surface area contributed by atoms with Crippen LogP contribution in [0, 0.1) is 0 Å². The lowest BCUT2D eigenvalue weighted by molar-refractivity contribution is 0.512. The molecule has 0 spiro atoms. The molecule has 26 heavy (non-hydrogen) atoms. The highest BCUT2D eigenvalue weighted by molar-refractivity contribution is 7.92. The summed E-state index contributed by atoms with van der Waals surface area (Å²) in [7, 11) is -3.37. The number of hydrogen-bond donors (Lipinski definition) is 2. The maximum absolute atomic E-state index is 12.7. The van der Waals surface area contributed by atoms with Crippen molar-refractivity contribution in [2.24, 2.45) is 4.99 Å². The molecule has 2 N–H and O–H groups in total. The van der Waals surface area contributed by atoms with E-state index in [1.54, 1.807) is 6.26 Å². The van der Waals surface area contributed by atoms with E-state index in [9.17, 15) is 8.42 Å². The molecule has 0 atom stereocenters. The fraction of sp³-hybridized carbons (Fsp3) is 0.389. The number of guanidine groups is 1. The molecule has 0 unspecified atom stereocenters. The van der Waals surface area contributed by atoms with Crippen molar-refractivity contribution < 1.29 is 12.8 Å². The summed E-state index contributed by atoms with van der Waals surface area (Å²) in [6, 6.07) is 11.3. The van der Waals surface area contributed by atoms with Gasteiger partial charge in [0.25, 0.3) is 0 Å². The Labute approximate surface area is 154 Å². The number of fused-ring (bicyclic) bond motifs is 1. The quantitative estimate of drug-likeness (QED) is 0.568. The zero-order valence-electron chi connectivity index (χ0n) is 14.8. The summed E-state index contributed by atoms with van der Waals surface area (Å²) in [6.45, 7) is 3.84. The minimum absolute atomic E-state index is 0.00645. The molecule has 3 rings (SSSR count). The van der Waals surface area contributed by atoms with Crippen LogP contribution in [-0.4, -0.2) is 39.8 Å². The molecule has 0 amide bonds. The Morgan fingerprint density at radius 1 is 1.23 bits per heavy atom. The lowest BCUT2D eigenvalue weighted by Gasteiger charge is -2.20. The molecular weight excluding hydrogens is 352 g/mol. The average molecular weight is 376 g/mol. The number of furan rings is 1. The number of benzene rings is 1. The van der Waals surface area contributed by atoms with Gasteiger partial charge in [0.1, 0.15) is 12.3 Å². The van der Waals surface area contributed by atoms with Crippen LogP contribution >= 0.6 is 0 Å². The van der Waals surface area contributed by atoms with Crippen LogP contribution < -0.4 is 14.9 Å². The lowest BCUT2D eigenvalue weighted by Crippen LogP contribution is -2.42. The van der Waals surface area contributed by atoms with Crippen LogP contribution in [0.25, 0.3) is 0 Å². The van der Waals surface area contributed by atoms with E-state index in [0.717, 1.165) is 23.4 Å². The van der Waals surface area contributed by atoms with Crippen molar-refractivity contribution >= 4 is 21.7 Å². The zero-order valence-corrected chi connectivity index (χ0v) is 15.6. The third-order valence-electron chi connectivity index (χ3n) is 4.15. The molecule has 0 fully saturated rings. The first kappa shape index (κ1) is 18.3. The SMILES string of the molecule is CCNC(=NCc1ccco1)NCCS(=O)(=O)N1CCc2ccccc21. The van der Waals surface area contributed by atoms with Crippen molar-refractivity contribution in [3.63, 3.8) is 0 Å². The van der Waals surface area contributed by atoms with Crippen LogP contribution in [-0.2, 0) is 23.0 Å². The van der Waals surface area contributed by atoms with Crippen molar-refractivity contribution in [1.82, 2.24) is 10.6 Å². The lowest BCUT2D eigenvalue weighted by atomic mass is 10.2. The van der Waals surface area contributed by atoms with Crippen LogP contribution in [0.1, 0.15) is 18.2 Å². The summed E-state index contributed by atoms with van der Waals surface area (Å²) in [5.41, 5.74) is 1.88. The second kappa shape index (κ2) is 8.27. The molecule has 0 saturated carbocycles. The number of rotatable bonds is 7. The number of nitrogens with zero attached hydrogens (tertiary/aromatic N) is 2. The van der Waals surface area contributed by atoms with Gasteiger partial charge in [0.05, 0.1) is 17.7 Å². The van der Waals surface area contributed by atoms with E-state index in [-0.39, 0.29) is 12.3 Å². The molecule has 0 saturated heterocycles. The largest absolute Gasteiger partial charge is 0.467 e. The Kier molecular flexibility index (Phi) is 5.82. The van der Waals surface area contributed by atoms with E-state index < -0.39 is 10.0 Å². The molecule has 140 valence electrons. The summed E-state index contributed by atoms with van der Waals surface area (Å²) < 4.78 is 32.1. The molecule has 1 aromatic heterocycles. The van der Waals surface area contributed by atoms with Crippen molar-refractivity contribution in [2.75, 3.05) is 29.7 Å². The molecule has 1 aromatic carbocycles. The van der Waals surface area contributed by atoms with E-state index in [2.05, 4.69) is 15.6 Å². The first-order valence-electron chi connectivity index (χ1n) is 8.73. The maximum Gasteiger partial charge on any atom is 0.236 e. The van der Waals surface area contributed by atoms with Crippen LogP contribution in [0.3, 0.4) is 0 Å². The Hall–Kier alpha value is -2.48. The molecule has 2 aromatic rings. The molecule has 2 heterocycles. The van der Waals surface area contributed by atoms with Gasteiger partial charge in [-0.25, -0.2) is 13.4 Å². The minimum atomic E-state index is -3.37. The number of anilines is 1. The van der Waals surface area contributed by atoms with Crippen LogP contribution in [0.5, 0.6) is 0 Å². The number of para-hydroxylation sites is 1. The second-order valence-electron chi connectivity index (χ2n) is 5.97. The number of hydrogen-bond acceptors (Lipinski definition) is 4. The second-order valence-corrected chi connectivity index (χ2v) is 7.98. The van der Waals surface area contributed by atoms with E-state index in [1.807, 2.05) is 43.3 Å². The van der Waals surface area contributed by atoms with Gasteiger partial charge in [-0.1, -0.05) is 18.2 Å². The van der Waals surface area contributed by atoms with Crippen LogP contribution in [0.15, 0.2) is 52.1 Å². The number of nitrogens with one attached hydrogen (secondary N) is 2. The van der Waals surface area contributed by atoms with Gasteiger partial charge in [0.2, 0.25) is 10.0 Å². The molecular formula is C18H24N4O3S. The number of aliphatic imine (C=N–C) groups is 1. The van der Waals surface area contributed by atoms with Gasteiger partial charge in [0.15, 0.2) is 5.96 Å². The first-order chi connectivity index (χ1) is 12.6. The Morgan fingerprint density at radius 3 is 2.85 bits per heavy atom. The van der Waals surface area contributed by atoms with Gasteiger partial charge in [-0.15, -0.1) is 0 Å². The minimum Gasteiger partial charge on any atom is -0.467 e. The van der Waals surface area contributed by atoms with E-state index in [4.69, 9.17) is 4.42 Å². The molecule has 8 heteroatoms. The Morgan fingerprint density at radius 2 is 2.08 bits per heavy atom. The fourth-order valence-electron chi connectivity index (χ4n) is 2.91. The van der Waals surface area contributed by atoms with Gasteiger partial charge in [-0.05, 0) is 37.1 Å². The maximum atomic E-state index is 12.7. The highest BCUT2D eigenvalue weighted by atomic mass is 32.2. The smallest absolute Gasteiger partial charge is 0.236 e. The van der Waals surface area contributed by atoms with Gasteiger partial charge in [-0.2, -0.15) is 0 Å². The molecule has 0 bridgehead atoms. The molecule has 1 aliphatic rings. The van der Waals surface area contributed by atoms with Crippen molar-refractivity contribution in [1.29, 1.82) is 0 Å². The van der Waals surface area contributed by atoms with Gasteiger partial charge < -0.3 is 15.1 Å². The highest BCUT2D eigenvalue weighted by Gasteiger charge is 2.28. The van der Waals surface area contributed by atoms with E-state index in [0.29, 0.717) is 25.6 Å². The van der Waals surface area contributed by atoms with Gasteiger partial charge >= 0.3 is 0 Å². The van der Waals surface area contributed by atoms with E-state index in [1.165, 1.54) is 4.31 Å². The molecule has 1 aliphatic heterocycles. The van der Waals surface area contributed by atoms with Crippen LogP contribution in [0.2, 0.25) is 0 Å². The van der Waals surface area contributed by atoms with E-state index >= 15 is 0 Å². The fourth-order valence-corrected chi connectivity index (χ4v) is 4.33. The summed E-state index contributed by atoms with van der Waals surface area (Å²) in [5, 5.41) is 6.18. The first-order valence-corrected chi connectivity index (χ1v) is 10.3. The predicted molar refractivity (Wildman–Crippen MR) is 103 cm³/mol. The molecule has 0 aliphatic carbocycles. The summed E-state index contributed by atoms with van der Waals surface area (Å²) >= 11 is 0. The Bertz CT molecular complexity index is 847. The monoisotopic (exact) mass is 376 g/mol. The van der Waals surface area contributed by atoms with Crippen LogP contribution in [0.4, 0.5) is 5.69 Å². The van der Waals surface area contributed by atoms with Gasteiger partial charge in [0, 0.05) is 19.6 Å². The summed E-state index contributed by atoms with van der Waals surface area (Å²) in [5.74, 6) is 1.33. The normalized spacial score (nSPS) is 14.3. The topological polar surface area (TPSA) is 86.9 Å². The van der Waals surface area contributed by atoms with Gasteiger partial charge in [-0.3, -0.25) is 4.31 Å². The Balaban J connectivity index is 1.57. The third kappa shape index (κ3) is 4.37. The standard InChI is InChI=1S/C18H24N4O3S/c1-2-19-18(21-14-16-7-5-12-25-16)20-10-13-26(23,24)22-11-9-15-6-3-4-8-17(15)22/h3-8,12H,2,9-11,13-14H2,1H3,(H2,19,20,21). The summed E-state index contributed by atoms with van der Waals surface area (Å²) in [6.07, 6.45) is 2.36. The zero-order chi connectivity index (χ0) is 18.4. The van der Waals surface area contributed by atoms with Crippen molar-refractivity contribution in [3.05, 3.63) is 54.0 Å².